The van der Waals surface area contributed by atoms with Crippen molar-refractivity contribution in [1.82, 2.24) is 9.55 Å². The fourth-order valence-corrected chi connectivity index (χ4v) is 2.29. The van der Waals surface area contributed by atoms with Crippen LogP contribution in [0, 0.1) is 6.92 Å². The first-order chi connectivity index (χ1) is 9.19. The lowest BCUT2D eigenvalue weighted by Gasteiger charge is -2.09. The maximum absolute atomic E-state index is 11.6. The van der Waals surface area contributed by atoms with E-state index in [9.17, 15) is 4.79 Å². The standard InChI is InChI=1S/C13H17N3O2S/c1-10-15-12(9-19-10)7-14-11-3-4-13(17)16(8-11)5-6-18-2/h3-4,8-9,14H,5-7H2,1-2H3. The fraction of sp³-hybridized carbons (Fsp3) is 0.385. The van der Waals surface area contributed by atoms with Gasteiger partial charge in [0.25, 0.3) is 5.56 Å². The maximum atomic E-state index is 11.6. The molecule has 0 atom stereocenters. The van der Waals surface area contributed by atoms with Crippen molar-refractivity contribution in [3.8, 4) is 0 Å². The van der Waals surface area contributed by atoms with E-state index in [1.165, 1.54) is 0 Å². The molecule has 0 saturated heterocycles. The van der Waals surface area contributed by atoms with Crippen LogP contribution in [-0.4, -0.2) is 23.3 Å². The molecular formula is C13H17N3O2S. The number of hydrogen-bond donors (Lipinski definition) is 1. The molecule has 0 saturated carbocycles. The maximum Gasteiger partial charge on any atom is 0.250 e. The molecule has 0 bridgehead atoms. The highest BCUT2D eigenvalue weighted by atomic mass is 32.1. The molecular weight excluding hydrogens is 262 g/mol. The molecule has 1 N–H and O–H groups in total. The van der Waals surface area contributed by atoms with E-state index in [4.69, 9.17) is 4.74 Å². The van der Waals surface area contributed by atoms with Crippen LogP contribution in [-0.2, 0) is 17.8 Å². The second-order valence-electron chi connectivity index (χ2n) is 4.15. The van der Waals surface area contributed by atoms with Crippen molar-refractivity contribution >= 4 is 17.0 Å². The SMILES string of the molecule is COCCn1cc(NCc2csc(C)n2)ccc1=O. The molecule has 0 aliphatic carbocycles. The van der Waals surface area contributed by atoms with Crippen molar-refractivity contribution in [2.24, 2.45) is 0 Å². The van der Waals surface area contributed by atoms with Gasteiger partial charge in [0.15, 0.2) is 0 Å². The average Bonchev–Trinajstić information content (AvgIpc) is 2.82. The normalized spacial score (nSPS) is 10.6. The number of rotatable bonds is 6. The van der Waals surface area contributed by atoms with E-state index in [-0.39, 0.29) is 5.56 Å². The largest absolute Gasteiger partial charge is 0.383 e. The van der Waals surface area contributed by atoms with Crippen molar-refractivity contribution in [3.05, 3.63) is 44.8 Å². The smallest absolute Gasteiger partial charge is 0.250 e. The van der Waals surface area contributed by atoms with E-state index >= 15 is 0 Å². The van der Waals surface area contributed by atoms with E-state index in [2.05, 4.69) is 10.3 Å². The van der Waals surface area contributed by atoms with Crippen LogP contribution in [0.5, 0.6) is 0 Å². The minimum absolute atomic E-state index is 0.0212. The summed E-state index contributed by atoms with van der Waals surface area (Å²) in [5, 5.41) is 6.35. The number of ether oxygens (including phenoxy) is 1. The number of hydrogen-bond acceptors (Lipinski definition) is 5. The molecule has 6 heteroatoms. The van der Waals surface area contributed by atoms with Gasteiger partial charge in [-0.2, -0.15) is 0 Å². The molecule has 0 spiro atoms. The second kappa shape index (κ2) is 6.49. The van der Waals surface area contributed by atoms with Crippen molar-refractivity contribution in [2.45, 2.75) is 20.0 Å². The van der Waals surface area contributed by atoms with Gasteiger partial charge in [-0.1, -0.05) is 0 Å². The molecule has 0 aromatic carbocycles. The Hall–Kier alpha value is -1.66. The molecule has 0 fully saturated rings. The molecule has 2 heterocycles. The molecule has 0 unspecified atom stereocenters. The molecule has 0 aliphatic heterocycles. The van der Waals surface area contributed by atoms with Gasteiger partial charge in [-0.15, -0.1) is 11.3 Å². The van der Waals surface area contributed by atoms with Gasteiger partial charge in [-0.3, -0.25) is 4.79 Å². The number of anilines is 1. The zero-order valence-electron chi connectivity index (χ0n) is 11.0. The number of pyridine rings is 1. The van der Waals surface area contributed by atoms with E-state index in [0.29, 0.717) is 19.7 Å². The van der Waals surface area contributed by atoms with Crippen molar-refractivity contribution in [3.63, 3.8) is 0 Å². The summed E-state index contributed by atoms with van der Waals surface area (Å²) in [7, 11) is 1.62. The Labute approximate surface area is 115 Å². The minimum atomic E-state index is -0.0212. The minimum Gasteiger partial charge on any atom is -0.383 e. The zero-order chi connectivity index (χ0) is 13.7. The van der Waals surface area contributed by atoms with Crippen LogP contribution in [0.1, 0.15) is 10.7 Å². The molecule has 0 aliphatic rings. The summed E-state index contributed by atoms with van der Waals surface area (Å²) >= 11 is 1.63. The molecule has 2 aromatic heterocycles. The van der Waals surface area contributed by atoms with Gasteiger partial charge in [0.2, 0.25) is 0 Å². The van der Waals surface area contributed by atoms with Crippen molar-refractivity contribution in [2.75, 3.05) is 19.0 Å². The number of nitrogens with one attached hydrogen (secondary N) is 1. The van der Waals surface area contributed by atoms with Gasteiger partial charge in [0.05, 0.1) is 29.5 Å². The van der Waals surface area contributed by atoms with Gasteiger partial charge in [-0.25, -0.2) is 4.98 Å². The summed E-state index contributed by atoms with van der Waals surface area (Å²) in [6, 6.07) is 3.34. The van der Waals surface area contributed by atoms with Crippen LogP contribution in [0.3, 0.4) is 0 Å². The molecule has 0 radical (unpaired) electrons. The average molecular weight is 279 g/mol. The number of aromatic nitrogens is 2. The predicted molar refractivity (Wildman–Crippen MR) is 76.8 cm³/mol. The Morgan fingerprint density at radius 1 is 1.47 bits per heavy atom. The first-order valence-electron chi connectivity index (χ1n) is 6.03. The Kier molecular flexibility index (Phi) is 4.70. The van der Waals surface area contributed by atoms with Crippen molar-refractivity contribution < 1.29 is 4.74 Å². The quantitative estimate of drug-likeness (QED) is 0.877. The van der Waals surface area contributed by atoms with E-state index in [1.807, 2.05) is 12.3 Å². The first-order valence-corrected chi connectivity index (χ1v) is 6.91. The summed E-state index contributed by atoms with van der Waals surface area (Å²) in [6.45, 7) is 3.72. The Morgan fingerprint density at radius 3 is 3.00 bits per heavy atom. The summed E-state index contributed by atoms with van der Waals surface area (Å²) in [5.74, 6) is 0. The van der Waals surface area contributed by atoms with E-state index in [0.717, 1.165) is 16.4 Å². The Morgan fingerprint density at radius 2 is 2.32 bits per heavy atom. The highest BCUT2D eigenvalue weighted by molar-refractivity contribution is 7.09. The predicted octanol–water partition coefficient (Wildman–Crippen LogP) is 1.87. The van der Waals surface area contributed by atoms with Gasteiger partial charge in [0, 0.05) is 31.3 Å². The lowest BCUT2D eigenvalue weighted by atomic mass is 10.3. The van der Waals surface area contributed by atoms with Crippen LogP contribution in [0.2, 0.25) is 0 Å². The van der Waals surface area contributed by atoms with Crippen LogP contribution in [0.4, 0.5) is 5.69 Å². The van der Waals surface area contributed by atoms with Crippen LogP contribution >= 0.6 is 11.3 Å². The highest BCUT2D eigenvalue weighted by Crippen LogP contribution is 2.10. The number of nitrogens with zero attached hydrogens (tertiary/aromatic N) is 2. The topological polar surface area (TPSA) is 56.1 Å². The molecule has 19 heavy (non-hydrogen) atoms. The lowest BCUT2D eigenvalue weighted by Crippen LogP contribution is -2.21. The molecule has 0 amide bonds. The number of thiazole rings is 1. The fourth-order valence-electron chi connectivity index (χ4n) is 1.68. The molecule has 5 nitrogen and oxygen atoms in total. The summed E-state index contributed by atoms with van der Waals surface area (Å²) in [6.07, 6.45) is 1.81. The van der Waals surface area contributed by atoms with Crippen molar-refractivity contribution in [1.29, 1.82) is 0 Å². The zero-order valence-corrected chi connectivity index (χ0v) is 11.9. The second-order valence-corrected chi connectivity index (χ2v) is 5.22. The third-order valence-electron chi connectivity index (χ3n) is 2.66. The van der Waals surface area contributed by atoms with E-state index in [1.54, 1.807) is 41.3 Å². The summed E-state index contributed by atoms with van der Waals surface area (Å²) in [5.41, 5.74) is 1.89. The third-order valence-corrected chi connectivity index (χ3v) is 3.48. The summed E-state index contributed by atoms with van der Waals surface area (Å²) < 4.78 is 6.62. The van der Waals surface area contributed by atoms with Gasteiger partial charge >= 0.3 is 0 Å². The van der Waals surface area contributed by atoms with Crippen LogP contribution in [0.25, 0.3) is 0 Å². The molecule has 2 aromatic rings. The highest BCUT2D eigenvalue weighted by Gasteiger charge is 2.01. The first kappa shape index (κ1) is 13.8. The number of aryl methyl sites for hydroxylation is 1. The van der Waals surface area contributed by atoms with Gasteiger partial charge in [-0.05, 0) is 13.0 Å². The van der Waals surface area contributed by atoms with E-state index < -0.39 is 0 Å². The van der Waals surface area contributed by atoms with Crippen LogP contribution < -0.4 is 10.9 Å². The summed E-state index contributed by atoms with van der Waals surface area (Å²) in [4.78, 5) is 16.0. The Bertz CT molecular complexity index is 592. The monoisotopic (exact) mass is 279 g/mol. The lowest BCUT2D eigenvalue weighted by molar-refractivity contribution is 0.186. The molecule has 102 valence electrons. The number of methoxy groups -OCH3 is 1. The third kappa shape index (κ3) is 3.90. The van der Waals surface area contributed by atoms with Gasteiger partial charge < -0.3 is 14.6 Å². The van der Waals surface area contributed by atoms with Crippen LogP contribution in [0.15, 0.2) is 28.5 Å². The molecule has 2 rings (SSSR count). The Balaban J connectivity index is 2.02. The van der Waals surface area contributed by atoms with Gasteiger partial charge in [0.1, 0.15) is 0 Å².